The second kappa shape index (κ2) is 8.19. The minimum absolute atomic E-state index is 0.0672. The summed E-state index contributed by atoms with van der Waals surface area (Å²) < 4.78 is 15.3. The lowest BCUT2D eigenvalue weighted by molar-refractivity contribution is 0.129. The van der Waals surface area contributed by atoms with Gasteiger partial charge in [-0.15, -0.1) is 0 Å². The van der Waals surface area contributed by atoms with E-state index in [0.717, 1.165) is 61.4 Å². The Morgan fingerprint density at radius 1 is 1.06 bits per heavy atom. The Kier molecular flexibility index (Phi) is 5.39. The molecule has 1 aliphatic carbocycles. The monoisotopic (exact) mass is 419 g/mol. The molecule has 1 saturated heterocycles. The van der Waals surface area contributed by atoms with Crippen LogP contribution in [-0.2, 0) is 6.54 Å². The first kappa shape index (κ1) is 20.4. The molecule has 0 bridgehead atoms. The molecule has 2 aromatic carbocycles. The van der Waals surface area contributed by atoms with Crippen LogP contribution in [0, 0.1) is 11.7 Å². The van der Waals surface area contributed by atoms with Gasteiger partial charge in [-0.2, -0.15) is 0 Å². The highest BCUT2D eigenvalue weighted by Crippen LogP contribution is 2.39. The number of hydrogen-bond acceptors (Lipinski definition) is 3. The van der Waals surface area contributed by atoms with E-state index in [1.165, 1.54) is 18.6 Å². The molecule has 1 aliphatic heterocycles. The van der Waals surface area contributed by atoms with E-state index in [1.54, 1.807) is 12.1 Å². The Morgan fingerprint density at radius 2 is 1.81 bits per heavy atom. The molecule has 2 heterocycles. The van der Waals surface area contributed by atoms with Crippen molar-refractivity contribution in [3.8, 4) is 11.1 Å². The zero-order valence-electron chi connectivity index (χ0n) is 18.4. The average Bonchev–Trinajstić information content (AvgIpc) is 3.61. The number of piperidine rings is 1. The molecule has 1 atom stereocenters. The van der Waals surface area contributed by atoms with E-state index < -0.39 is 0 Å². The van der Waals surface area contributed by atoms with E-state index in [-0.39, 0.29) is 11.4 Å². The van der Waals surface area contributed by atoms with Crippen LogP contribution in [0.5, 0.6) is 0 Å². The van der Waals surface area contributed by atoms with Gasteiger partial charge in [0.15, 0.2) is 0 Å². The molecule has 0 radical (unpaired) electrons. The van der Waals surface area contributed by atoms with Crippen molar-refractivity contribution in [1.29, 1.82) is 0 Å². The maximum absolute atomic E-state index is 13.7. The van der Waals surface area contributed by atoms with Gasteiger partial charge < -0.3 is 4.90 Å². The number of rotatable bonds is 5. The topological polar surface area (TPSA) is 38.1 Å². The van der Waals surface area contributed by atoms with E-state index in [4.69, 9.17) is 4.98 Å². The molecule has 2 fully saturated rings. The third-order valence-corrected chi connectivity index (χ3v) is 6.83. The molecule has 31 heavy (non-hydrogen) atoms. The van der Waals surface area contributed by atoms with Crippen LogP contribution in [0.15, 0.2) is 47.3 Å². The Hall–Kier alpha value is -2.53. The number of aromatic nitrogens is 2. The van der Waals surface area contributed by atoms with E-state index in [1.807, 2.05) is 22.8 Å². The first-order valence-electron chi connectivity index (χ1n) is 11.5. The van der Waals surface area contributed by atoms with Crippen molar-refractivity contribution in [3.05, 3.63) is 64.5 Å². The van der Waals surface area contributed by atoms with E-state index in [2.05, 4.69) is 18.7 Å². The van der Waals surface area contributed by atoms with Crippen LogP contribution in [0.2, 0.25) is 0 Å². The van der Waals surface area contributed by atoms with Gasteiger partial charge >= 0.3 is 0 Å². The maximum atomic E-state index is 13.7. The van der Waals surface area contributed by atoms with Gasteiger partial charge in [0.25, 0.3) is 5.56 Å². The highest BCUT2D eigenvalue weighted by molar-refractivity contribution is 5.84. The van der Waals surface area contributed by atoms with Crippen LogP contribution in [0.25, 0.3) is 22.0 Å². The van der Waals surface area contributed by atoms with Crippen molar-refractivity contribution in [2.24, 2.45) is 5.92 Å². The quantitative estimate of drug-likeness (QED) is 0.570. The lowest BCUT2D eigenvalue weighted by Crippen LogP contribution is -2.42. The lowest BCUT2D eigenvalue weighted by atomic mass is 9.96. The van der Waals surface area contributed by atoms with E-state index in [0.29, 0.717) is 23.3 Å². The molecule has 162 valence electrons. The van der Waals surface area contributed by atoms with Gasteiger partial charge in [0.05, 0.1) is 10.9 Å². The summed E-state index contributed by atoms with van der Waals surface area (Å²) in [6.07, 6.45) is 4.59. The van der Waals surface area contributed by atoms with Crippen LogP contribution in [0.3, 0.4) is 0 Å². The van der Waals surface area contributed by atoms with Gasteiger partial charge in [0.1, 0.15) is 11.6 Å². The number of halogens is 1. The highest BCUT2D eigenvalue weighted by atomic mass is 19.1. The molecule has 0 spiro atoms. The largest absolute Gasteiger partial charge is 0.301 e. The number of benzene rings is 2. The molecular formula is C26H30FN3O. The van der Waals surface area contributed by atoms with Gasteiger partial charge in [0.2, 0.25) is 0 Å². The second-order valence-electron chi connectivity index (χ2n) is 9.50. The van der Waals surface area contributed by atoms with Crippen molar-refractivity contribution in [2.45, 2.75) is 58.0 Å². The zero-order chi connectivity index (χ0) is 21.5. The summed E-state index contributed by atoms with van der Waals surface area (Å²) in [7, 11) is 0. The molecule has 4 nitrogen and oxygen atoms in total. The molecule has 5 heteroatoms. The van der Waals surface area contributed by atoms with Gasteiger partial charge in [-0.25, -0.2) is 9.37 Å². The summed E-state index contributed by atoms with van der Waals surface area (Å²) >= 11 is 0. The molecule has 0 amide bonds. The van der Waals surface area contributed by atoms with Crippen molar-refractivity contribution >= 4 is 10.9 Å². The Balaban J connectivity index is 1.54. The molecule has 0 N–H and O–H groups in total. The zero-order valence-corrected chi connectivity index (χ0v) is 18.4. The van der Waals surface area contributed by atoms with E-state index >= 15 is 0 Å². The molecule has 1 saturated carbocycles. The van der Waals surface area contributed by atoms with Crippen LogP contribution < -0.4 is 5.56 Å². The SMILES string of the molecule is CC(C)N1CCCC(Cn2c(C3CC3)nc3ccc(-c4ccc(F)cc4)cc3c2=O)C1. The van der Waals surface area contributed by atoms with Crippen molar-refractivity contribution < 1.29 is 4.39 Å². The van der Waals surface area contributed by atoms with Crippen LogP contribution in [-0.4, -0.2) is 33.6 Å². The molecular weight excluding hydrogens is 389 g/mol. The maximum Gasteiger partial charge on any atom is 0.261 e. The summed E-state index contributed by atoms with van der Waals surface area (Å²) in [5, 5.41) is 0.655. The van der Waals surface area contributed by atoms with Gasteiger partial charge in [-0.3, -0.25) is 9.36 Å². The number of likely N-dealkylation sites (tertiary alicyclic amines) is 1. The second-order valence-corrected chi connectivity index (χ2v) is 9.50. The fraction of sp³-hybridized carbons (Fsp3) is 0.462. The third-order valence-electron chi connectivity index (χ3n) is 6.83. The molecule has 3 aromatic rings. The van der Waals surface area contributed by atoms with Gasteiger partial charge in [-0.1, -0.05) is 18.2 Å². The first-order chi connectivity index (χ1) is 15.0. The van der Waals surface area contributed by atoms with Crippen LogP contribution in [0.4, 0.5) is 4.39 Å². The van der Waals surface area contributed by atoms with Crippen molar-refractivity contribution in [1.82, 2.24) is 14.5 Å². The summed E-state index contributed by atoms with van der Waals surface area (Å²) in [5.41, 5.74) is 2.65. The van der Waals surface area contributed by atoms with Crippen LogP contribution in [0.1, 0.15) is 51.3 Å². The summed E-state index contributed by atoms with van der Waals surface area (Å²) in [5.74, 6) is 1.60. The summed E-state index contributed by atoms with van der Waals surface area (Å²) in [4.78, 5) is 21.1. The average molecular weight is 420 g/mol. The molecule has 1 unspecified atom stereocenters. The van der Waals surface area contributed by atoms with E-state index in [9.17, 15) is 9.18 Å². The molecule has 1 aromatic heterocycles. The highest BCUT2D eigenvalue weighted by Gasteiger charge is 2.31. The van der Waals surface area contributed by atoms with Gasteiger partial charge in [0, 0.05) is 25.0 Å². The number of fused-ring (bicyclic) bond motifs is 1. The van der Waals surface area contributed by atoms with Crippen LogP contribution >= 0.6 is 0 Å². The normalized spacial score (nSPS) is 19.9. The minimum atomic E-state index is -0.259. The smallest absolute Gasteiger partial charge is 0.261 e. The minimum Gasteiger partial charge on any atom is -0.301 e. The van der Waals surface area contributed by atoms with Crippen molar-refractivity contribution in [3.63, 3.8) is 0 Å². The third kappa shape index (κ3) is 4.16. The lowest BCUT2D eigenvalue weighted by Gasteiger charge is -2.35. The predicted molar refractivity (Wildman–Crippen MR) is 123 cm³/mol. The Bertz CT molecular complexity index is 1150. The number of hydrogen-bond donors (Lipinski definition) is 0. The standard InChI is InChI=1S/C26H30FN3O/c1-17(2)29-13-3-4-18(15-29)16-30-25(20-5-6-20)28-24-12-9-21(14-23(24)26(30)31)19-7-10-22(27)11-8-19/h7-12,14,17-18,20H,3-6,13,15-16H2,1-2H3. The number of nitrogens with zero attached hydrogens (tertiary/aromatic N) is 3. The van der Waals surface area contributed by atoms with Crippen molar-refractivity contribution in [2.75, 3.05) is 13.1 Å². The first-order valence-corrected chi connectivity index (χ1v) is 11.5. The Morgan fingerprint density at radius 3 is 2.52 bits per heavy atom. The van der Waals surface area contributed by atoms with Gasteiger partial charge in [-0.05, 0) is 87.4 Å². The fourth-order valence-corrected chi connectivity index (χ4v) is 4.86. The molecule has 5 rings (SSSR count). The predicted octanol–water partition coefficient (Wildman–Crippen LogP) is 5.20. The summed E-state index contributed by atoms with van der Waals surface area (Å²) in [6, 6.07) is 12.8. The Labute approximate surface area is 182 Å². The molecule has 2 aliphatic rings. The summed E-state index contributed by atoms with van der Waals surface area (Å²) in [6.45, 7) is 7.44. The fourth-order valence-electron chi connectivity index (χ4n) is 4.86.